The number of halogens is 2. The van der Waals surface area contributed by atoms with Crippen LogP contribution in [0.1, 0.15) is 27.0 Å². The Morgan fingerprint density at radius 1 is 1.52 bits per heavy atom. The predicted octanol–water partition coefficient (Wildman–Crippen LogP) is 3.28. The van der Waals surface area contributed by atoms with E-state index in [0.29, 0.717) is 10.7 Å². The van der Waals surface area contributed by atoms with Crippen molar-refractivity contribution in [2.75, 3.05) is 6.61 Å². The highest BCUT2D eigenvalue weighted by Gasteiger charge is 2.25. The van der Waals surface area contributed by atoms with E-state index in [9.17, 15) is 14.0 Å². The molecule has 1 heterocycles. The van der Waals surface area contributed by atoms with Gasteiger partial charge >= 0.3 is 5.97 Å². The second kappa shape index (κ2) is 7.31. The van der Waals surface area contributed by atoms with Crippen LogP contribution in [0.15, 0.2) is 23.6 Å². The minimum absolute atomic E-state index is 0.138. The maximum Gasteiger partial charge on any atom is 0.341 e. The smallest absolute Gasteiger partial charge is 0.341 e. The van der Waals surface area contributed by atoms with Crippen molar-refractivity contribution in [1.29, 1.82) is 5.26 Å². The Labute approximate surface area is 140 Å². The van der Waals surface area contributed by atoms with Crippen LogP contribution in [0.5, 0.6) is 0 Å². The molecule has 2 rings (SSSR count). The van der Waals surface area contributed by atoms with Crippen molar-refractivity contribution in [3.05, 3.63) is 50.7 Å². The Balaban J connectivity index is 2.03. The quantitative estimate of drug-likeness (QED) is 0.771. The lowest BCUT2D eigenvalue weighted by Gasteiger charge is -2.07. The summed E-state index contributed by atoms with van der Waals surface area (Å²) < 4.78 is 18.4. The molecule has 2 aromatic rings. The number of thiazole rings is 1. The molecule has 0 radical (unpaired) electrons. The molecule has 118 valence electrons. The van der Waals surface area contributed by atoms with Gasteiger partial charge in [-0.25, -0.2) is 14.2 Å². The first kappa shape index (κ1) is 17.1. The number of nitriles is 1. The van der Waals surface area contributed by atoms with E-state index in [0.717, 1.165) is 12.1 Å². The Kier molecular flexibility index (Phi) is 5.42. The molecule has 0 bridgehead atoms. The topological polar surface area (TPSA) is 80.0 Å². The fourth-order valence-corrected chi connectivity index (χ4v) is 2.74. The largest absolute Gasteiger partial charge is 0.454 e. The molecule has 1 atom stereocenters. The van der Waals surface area contributed by atoms with Gasteiger partial charge in [0.05, 0.1) is 11.6 Å². The molecule has 1 aromatic carbocycles. The molecule has 0 fully saturated rings. The number of hydrogen-bond acceptors (Lipinski definition) is 6. The Morgan fingerprint density at radius 2 is 2.26 bits per heavy atom. The second-order valence-corrected chi connectivity index (χ2v) is 5.88. The number of aromatic nitrogens is 1. The van der Waals surface area contributed by atoms with Gasteiger partial charge in [-0.2, -0.15) is 5.26 Å². The van der Waals surface area contributed by atoms with Crippen molar-refractivity contribution in [1.82, 2.24) is 4.98 Å². The Bertz CT molecular complexity index is 800. The number of aryl methyl sites for hydroxylation is 1. The van der Waals surface area contributed by atoms with Crippen molar-refractivity contribution in [2.45, 2.75) is 12.8 Å². The number of ether oxygens (including phenoxy) is 1. The highest BCUT2D eigenvalue weighted by molar-refractivity contribution is 7.09. The number of nitrogens with zero attached hydrogens (tertiary/aromatic N) is 2. The molecule has 0 saturated carbocycles. The molecule has 0 aliphatic heterocycles. The number of rotatable bonds is 5. The molecule has 0 saturated heterocycles. The fraction of sp³-hybridized carbons (Fsp3) is 0.200. The van der Waals surface area contributed by atoms with Crippen LogP contribution in [-0.2, 0) is 9.53 Å². The van der Waals surface area contributed by atoms with E-state index in [1.165, 1.54) is 17.4 Å². The molecule has 1 aromatic heterocycles. The van der Waals surface area contributed by atoms with Crippen LogP contribution in [0.2, 0.25) is 5.02 Å². The van der Waals surface area contributed by atoms with Crippen LogP contribution < -0.4 is 0 Å². The molecule has 8 heteroatoms. The van der Waals surface area contributed by atoms with Crippen molar-refractivity contribution < 1.29 is 18.7 Å². The monoisotopic (exact) mass is 352 g/mol. The highest BCUT2D eigenvalue weighted by Crippen LogP contribution is 2.21. The van der Waals surface area contributed by atoms with E-state index in [2.05, 4.69) is 4.98 Å². The molecular weight excluding hydrogens is 343 g/mol. The fourth-order valence-electron chi connectivity index (χ4n) is 1.72. The van der Waals surface area contributed by atoms with Crippen molar-refractivity contribution in [2.24, 2.45) is 0 Å². The van der Waals surface area contributed by atoms with Crippen molar-refractivity contribution in [3.63, 3.8) is 0 Å². The first-order chi connectivity index (χ1) is 10.9. The van der Waals surface area contributed by atoms with Gasteiger partial charge in [-0.15, -0.1) is 11.3 Å². The van der Waals surface area contributed by atoms with Crippen LogP contribution >= 0.6 is 22.9 Å². The van der Waals surface area contributed by atoms with Crippen LogP contribution in [0.3, 0.4) is 0 Å². The summed E-state index contributed by atoms with van der Waals surface area (Å²) in [7, 11) is 0. The van der Waals surface area contributed by atoms with Gasteiger partial charge in [0, 0.05) is 16.1 Å². The minimum atomic E-state index is -1.11. The van der Waals surface area contributed by atoms with Gasteiger partial charge in [0.1, 0.15) is 10.8 Å². The zero-order valence-electron chi connectivity index (χ0n) is 11.9. The molecule has 0 spiro atoms. The summed E-state index contributed by atoms with van der Waals surface area (Å²) in [6.07, 6.45) is 0. The molecule has 0 amide bonds. The third kappa shape index (κ3) is 4.12. The van der Waals surface area contributed by atoms with Gasteiger partial charge < -0.3 is 4.74 Å². The summed E-state index contributed by atoms with van der Waals surface area (Å²) in [6.45, 7) is 1.10. The van der Waals surface area contributed by atoms with E-state index in [1.807, 2.05) is 6.07 Å². The van der Waals surface area contributed by atoms with Gasteiger partial charge in [-0.1, -0.05) is 11.6 Å². The van der Waals surface area contributed by atoms with Gasteiger partial charge in [0.2, 0.25) is 0 Å². The van der Waals surface area contributed by atoms with Gasteiger partial charge in [-0.3, -0.25) is 4.79 Å². The van der Waals surface area contributed by atoms with Crippen molar-refractivity contribution >= 4 is 34.7 Å². The molecule has 23 heavy (non-hydrogen) atoms. The summed E-state index contributed by atoms with van der Waals surface area (Å²) in [5.74, 6) is -3.58. The van der Waals surface area contributed by atoms with E-state index < -0.39 is 30.1 Å². The SMILES string of the molecule is Cc1csc([C@H](C#N)C(=O)COC(=O)c2ccc(Cl)cc2F)n1. The third-order valence-electron chi connectivity index (χ3n) is 2.83. The lowest BCUT2D eigenvalue weighted by molar-refractivity contribution is -0.122. The molecule has 0 aliphatic carbocycles. The molecule has 5 nitrogen and oxygen atoms in total. The lowest BCUT2D eigenvalue weighted by Crippen LogP contribution is -2.20. The van der Waals surface area contributed by atoms with Crippen LogP contribution in [0.25, 0.3) is 0 Å². The van der Waals surface area contributed by atoms with Gasteiger partial charge in [0.15, 0.2) is 18.3 Å². The highest BCUT2D eigenvalue weighted by atomic mass is 35.5. The molecule has 0 N–H and O–H groups in total. The van der Waals surface area contributed by atoms with E-state index >= 15 is 0 Å². The average molecular weight is 353 g/mol. The first-order valence-corrected chi connectivity index (χ1v) is 7.64. The normalized spacial score (nSPS) is 11.6. The average Bonchev–Trinajstić information content (AvgIpc) is 2.92. The summed E-state index contributed by atoms with van der Waals surface area (Å²) in [5.41, 5.74) is 0.360. The van der Waals surface area contributed by atoms with Gasteiger partial charge in [-0.05, 0) is 25.1 Å². The van der Waals surface area contributed by atoms with Gasteiger partial charge in [0.25, 0.3) is 0 Å². The summed E-state index contributed by atoms with van der Waals surface area (Å²) in [6, 6.07) is 5.29. The number of carbonyl (C=O) groups is 2. The van der Waals surface area contributed by atoms with E-state index in [-0.39, 0.29) is 10.6 Å². The Morgan fingerprint density at radius 3 is 2.83 bits per heavy atom. The number of hydrogen-bond donors (Lipinski definition) is 0. The van der Waals surface area contributed by atoms with Crippen LogP contribution in [0, 0.1) is 24.1 Å². The maximum absolute atomic E-state index is 13.6. The molecular formula is C15H10ClFN2O3S. The molecule has 0 aliphatic rings. The minimum Gasteiger partial charge on any atom is -0.454 e. The zero-order chi connectivity index (χ0) is 17.0. The van der Waals surface area contributed by atoms with Crippen LogP contribution in [-0.4, -0.2) is 23.3 Å². The maximum atomic E-state index is 13.6. The number of Topliss-reactive ketones (excluding diaryl/α,β-unsaturated/α-hetero) is 1. The van der Waals surface area contributed by atoms with Crippen molar-refractivity contribution in [3.8, 4) is 6.07 Å². The third-order valence-corrected chi connectivity index (χ3v) is 4.09. The predicted molar refractivity (Wildman–Crippen MR) is 81.9 cm³/mol. The summed E-state index contributed by atoms with van der Waals surface area (Å²) in [5, 5.41) is 11.3. The van der Waals surface area contributed by atoms with Crippen LogP contribution in [0.4, 0.5) is 4.39 Å². The molecule has 0 unspecified atom stereocenters. The second-order valence-electron chi connectivity index (χ2n) is 4.56. The summed E-state index contributed by atoms with van der Waals surface area (Å²) in [4.78, 5) is 27.9. The first-order valence-electron chi connectivity index (χ1n) is 6.39. The summed E-state index contributed by atoms with van der Waals surface area (Å²) >= 11 is 6.77. The lowest BCUT2D eigenvalue weighted by atomic mass is 10.1. The Hall–Kier alpha value is -2.30. The number of ketones is 1. The number of carbonyl (C=O) groups excluding carboxylic acids is 2. The van der Waals surface area contributed by atoms with E-state index in [4.69, 9.17) is 21.6 Å². The van der Waals surface area contributed by atoms with E-state index in [1.54, 1.807) is 12.3 Å². The number of esters is 1. The standard InChI is InChI=1S/C15H10ClFN2O3S/c1-8-7-23-14(19-8)11(5-18)13(20)6-22-15(21)10-3-2-9(16)4-12(10)17/h2-4,7,11H,6H2,1H3/t11-/m1/s1. The zero-order valence-corrected chi connectivity index (χ0v) is 13.4. The number of benzene rings is 1.